The van der Waals surface area contributed by atoms with Gasteiger partial charge in [-0.1, -0.05) is 11.6 Å². The Morgan fingerprint density at radius 1 is 1.40 bits per heavy atom. The zero-order valence-corrected chi connectivity index (χ0v) is 19.5. The molecule has 0 atom stereocenters. The first kappa shape index (κ1) is 21.5. The number of fused-ring (bicyclic) bond motifs is 1. The molecule has 0 unspecified atom stereocenters. The molecule has 1 fully saturated rings. The molecule has 2 heterocycles. The number of nitrogens with one attached hydrogen (secondary N) is 2. The number of hydrogen-bond acceptors (Lipinski definition) is 6. The van der Waals surface area contributed by atoms with E-state index >= 15 is 0 Å². The molecule has 4 rings (SSSR count). The Hall–Kier alpha value is -1.70. The van der Waals surface area contributed by atoms with Crippen molar-refractivity contribution in [2.75, 3.05) is 16.6 Å². The van der Waals surface area contributed by atoms with E-state index in [4.69, 9.17) is 11.6 Å². The van der Waals surface area contributed by atoms with Crippen LogP contribution in [-0.2, 0) is 17.1 Å². The summed E-state index contributed by atoms with van der Waals surface area (Å²) in [5, 5.41) is 12.3. The smallest absolute Gasteiger partial charge is 0.239 e. The Kier molecular flexibility index (Phi) is 5.58. The maximum Gasteiger partial charge on any atom is 0.239 e. The van der Waals surface area contributed by atoms with Crippen LogP contribution in [-0.4, -0.2) is 39.4 Å². The SMILES string of the molecule is Cn1cnc2c(Cl)c(Nc3ccc(I)cc3F)c(NS(=O)(=O)C3(CCO)CC3)nc21. The molecule has 30 heavy (non-hydrogen) atoms. The summed E-state index contributed by atoms with van der Waals surface area (Å²) in [6, 6.07) is 4.58. The van der Waals surface area contributed by atoms with Crippen molar-refractivity contribution in [2.45, 2.75) is 24.0 Å². The predicted molar refractivity (Wildman–Crippen MR) is 122 cm³/mol. The summed E-state index contributed by atoms with van der Waals surface area (Å²) < 4.78 is 44.3. The van der Waals surface area contributed by atoms with Crippen LogP contribution in [0.3, 0.4) is 0 Å². The highest BCUT2D eigenvalue weighted by atomic mass is 127. The number of anilines is 3. The van der Waals surface area contributed by atoms with Crippen molar-refractivity contribution in [2.24, 2.45) is 7.05 Å². The second kappa shape index (κ2) is 7.77. The normalized spacial score (nSPS) is 15.4. The van der Waals surface area contributed by atoms with E-state index in [0.717, 1.165) is 0 Å². The second-order valence-corrected chi connectivity index (χ2v) is 10.9. The summed E-state index contributed by atoms with van der Waals surface area (Å²) >= 11 is 8.53. The molecule has 0 amide bonds. The molecule has 0 radical (unpaired) electrons. The number of rotatable bonds is 7. The highest BCUT2D eigenvalue weighted by Crippen LogP contribution is 2.48. The molecule has 12 heteroatoms. The average molecular weight is 566 g/mol. The first-order valence-electron chi connectivity index (χ1n) is 9.03. The molecule has 0 spiro atoms. The van der Waals surface area contributed by atoms with Gasteiger partial charge in [0.2, 0.25) is 10.0 Å². The lowest BCUT2D eigenvalue weighted by Crippen LogP contribution is -2.31. The fourth-order valence-electron chi connectivity index (χ4n) is 3.24. The van der Waals surface area contributed by atoms with Crippen LogP contribution in [0.15, 0.2) is 24.5 Å². The first-order chi connectivity index (χ1) is 14.2. The van der Waals surface area contributed by atoms with Gasteiger partial charge in [-0.15, -0.1) is 0 Å². The fraction of sp³-hybridized carbons (Fsp3) is 0.333. The highest BCUT2D eigenvalue weighted by Gasteiger charge is 2.54. The number of aliphatic hydroxyl groups excluding tert-OH is 1. The van der Waals surface area contributed by atoms with Gasteiger partial charge in [-0.3, -0.25) is 4.72 Å². The lowest BCUT2D eigenvalue weighted by Gasteiger charge is -2.20. The van der Waals surface area contributed by atoms with E-state index in [0.29, 0.717) is 27.6 Å². The van der Waals surface area contributed by atoms with Gasteiger partial charge in [0.25, 0.3) is 0 Å². The molecular formula is C18H18ClFIN5O3S. The number of sulfonamides is 1. The maximum absolute atomic E-state index is 14.4. The first-order valence-corrected chi connectivity index (χ1v) is 12.0. The molecule has 0 aliphatic heterocycles. The molecule has 1 aliphatic carbocycles. The predicted octanol–water partition coefficient (Wildman–Crippen LogP) is 3.77. The molecular weight excluding hydrogens is 548 g/mol. The van der Waals surface area contributed by atoms with Gasteiger partial charge < -0.3 is 15.0 Å². The molecule has 160 valence electrons. The summed E-state index contributed by atoms with van der Waals surface area (Å²) in [5.74, 6) is -0.579. The summed E-state index contributed by atoms with van der Waals surface area (Å²) in [4.78, 5) is 8.61. The molecule has 2 aromatic heterocycles. The van der Waals surface area contributed by atoms with Gasteiger partial charge in [-0.25, -0.2) is 22.8 Å². The number of benzene rings is 1. The lowest BCUT2D eigenvalue weighted by atomic mass is 10.2. The minimum atomic E-state index is -3.87. The molecule has 3 aromatic rings. The molecule has 0 saturated heterocycles. The number of imidazole rings is 1. The highest BCUT2D eigenvalue weighted by molar-refractivity contribution is 14.1. The van der Waals surface area contributed by atoms with E-state index in [2.05, 4.69) is 20.0 Å². The van der Waals surface area contributed by atoms with Gasteiger partial charge in [0.15, 0.2) is 11.5 Å². The van der Waals surface area contributed by atoms with Gasteiger partial charge in [-0.2, -0.15) is 0 Å². The zero-order valence-electron chi connectivity index (χ0n) is 15.8. The van der Waals surface area contributed by atoms with Crippen molar-refractivity contribution in [3.05, 3.63) is 38.9 Å². The van der Waals surface area contributed by atoms with Gasteiger partial charge in [0.1, 0.15) is 17.0 Å². The second-order valence-electron chi connectivity index (χ2n) is 7.19. The third-order valence-electron chi connectivity index (χ3n) is 5.15. The molecule has 1 aliphatic rings. The average Bonchev–Trinajstić information content (AvgIpc) is 3.38. The van der Waals surface area contributed by atoms with Crippen LogP contribution < -0.4 is 10.0 Å². The van der Waals surface area contributed by atoms with Crippen molar-refractivity contribution in [1.82, 2.24) is 14.5 Å². The lowest BCUT2D eigenvalue weighted by molar-refractivity contribution is 0.283. The Morgan fingerprint density at radius 2 is 2.13 bits per heavy atom. The van der Waals surface area contributed by atoms with E-state index in [9.17, 15) is 17.9 Å². The van der Waals surface area contributed by atoms with Crippen molar-refractivity contribution >= 4 is 72.6 Å². The van der Waals surface area contributed by atoms with Gasteiger partial charge in [-0.05, 0) is 60.1 Å². The van der Waals surface area contributed by atoms with Crippen LogP contribution in [0.25, 0.3) is 11.2 Å². The van der Waals surface area contributed by atoms with Crippen LogP contribution in [0, 0.1) is 9.39 Å². The van der Waals surface area contributed by atoms with Crippen molar-refractivity contribution in [3.8, 4) is 0 Å². The van der Waals surface area contributed by atoms with Crippen molar-refractivity contribution in [3.63, 3.8) is 0 Å². The van der Waals surface area contributed by atoms with Crippen molar-refractivity contribution in [1.29, 1.82) is 0 Å². The van der Waals surface area contributed by atoms with Gasteiger partial charge >= 0.3 is 0 Å². The third-order valence-corrected chi connectivity index (χ3v) is 8.41. The molecule has 8 nitrogen and oxygen atoms in total. The standard InChI is InChI=1S/C18H18ClFIN5O3S/c1-26-9-22-15-13(19)14(23-12-3-2-10(21)8-11(12)20)16(24-17(15)26)25-30(28,29)18(4-5-18)6-7-27/h2-3,8-9,23,27H,4-7H2,1H3,(H,24,25). The number of aliphatic hydroxyl groups is 1. The fourth-order valence-corrected chi connectivity index (χ4v) is 5.58. The Morgan fingerprint density at radius 3 is 2.77 bits per heavy atom. The number of aryl methyl sites for hydroxylation is 1. The van der Waals surface area contributed by atoms with E-state index in [1.165, 1.54) is 18.5 Å². The van der Waals surface area contributed by atoms with E-state index in [1.54, 1.807) is 17.7 Å². The number of halogens is 3. The zero-order chi connectivity index (χ0) is 21.7. The molecule has 3 N–H and O–H groups in total. The van der Waals surface area contributed by atoms with Gasteiger partial charge in [0, 0.05) is 17.2 Å². The number of pyridine rings is 1. The quantitative estimate of drug-likeness (QED) is 0.377. The molecule has 0 bridgehead atoms. The monoisotopic (exact) mass is 565 g/mol. The maximum atomic E-state index is 14.4. The van der Waals surface area contributed by atoms with Crippen LogP contribution in [0.5, 0.6) is 0 Å². The summed E-state index contributed by atoms with van der Waals surface area (Å²) in [6.07, 6.45) is 2.52. The van der Waals surface area contributed by atoms with E-state index in [1.807, 2.05) is 22.6 Å². The molecule has 1 aromatic carbocycles. The minimum Gasteiger partial charge on any atom is -0.396 e. The van der Waals surface area contributed by atoms with E-state index in [-0.39, 0.29) is 35.2 Å². The van der Waals surface area contributed by atoms with Crippen LogP contribution in [0.1, 0.15) is 19.3 Å². The third kappa shape index (κ3) is 3.72. The largest absolute Gasteiger partial charge is 0.396 e. The van der Waals surface area contributed by atoms with Crippen LogP contribution in [0.4, 0.5) is 21.6 Å². The summed E-state index contributed by atoms with van der Waals surface area (Å²) in [6.45, 7) is -0.241. The summed E-state index contributed by atoms with van der Waals surface area (Å²) in [5.41, 5.74) is 0.947. The minimum absolute atomic E-state index is 0.0572. The Labute approximate surface area is 191 Å². The molecule has 1 saturated carbocycles. The number of nitrogens with zero attached hydrogens (tertiary/aromatic N) is 3. The topological polar surface area (TPSA) is 109 Å². The van der Waals surface area contributed by atoms with Crippen molar-refractivity contribution < 1.29 is 17.9 Å². The Bertz CT molecular complexity index is 1250. The Balaban J connectivity index is 1.83. The van der Waals surface area contributed by atoms with Crippen LogP contribution in [0.2, 0.25) is 5.02 Å². The number of hydrogen-bond donors (Lipinski definition) is 3. The number of aromatic nitrogens is 3. The van der Waals surface area contributed by atoms with Crippen LogP contribution >= 0.6 is 34.2 Å². The van der Waals surface area contributed by atoms with E-state index < -0.39 is 20.6 Å². The van der Waals surface area contributed by atoms with Gasteiger partial charge in [0.05, 0.1) is 21.8 Å². The summed E-state index contributed by atoms with van der Waals surface area (Å²) in [7, 11) is -2.17.